The maximum Gasteiger partial charge on any atom is 0.339 e. The molecule has 5 aliphatic heterocycles. The number of hydrogen-bond donors (Lipinski definition) is 1. The van der Waals surface area contributed by atoms with Crippen molar-refractivity contribution in [1.82, 2.24) is 0 Å². The summed E-state index contributed by atoms with van der Waals surface area (Å²) >= 11 is 0. The number of aliphatic hydroxyl groups excluding tert-OH is 1. The summed E-state index contributed by atoms with van der Waals surface area (Å²) in [6.45, 7) is 6.86. The standard InChI is InChI=1S/C30H38O10/c1-16(10-18-11-17(2)25(35)37-18)23(33)26(3)8-9-28-14-29-20(27(4,15-31)38-21(29)12-22(32)39-29)7-6-19(28)24(34)30(13-26,36-5)40-28/h10-11,16,19-21,31H,6-9,12-15H2,1-5H3/t16-,19-,20-,21+,26-,27-,28-,29+,30+/m0/s1. The lowest BCUT2D eigenvalue weighted by molar-refractivity contribution is -0.247. The normalized spacial score (nSPS) is 47.5. The molecule has 9 atom stereocenters. The van der Waals surface area contributed by atoms with Crippen LogP contribution in [0.1, 0.15) is 72.6 Å². The third-order valence-corrected chi connectivity index (χ3v) is 10.6. The van der Waals surface area contributed by atoms with Gasteiger partial charge in [0.15, 0.2) is 5.78 Å². The van der Waals surface area contributed by atoms with Crippen molar-refractivity contribution in [2.24, 2.45) is 23.2 Å². The van der Waals surface area contributed by atoms with Gasteiger partial charge in [-0.2, -0.15) is 0 Å². The van der Waals surface area contributed by atoms with E-state index in [4.69, 9.17) is 23.7 Å². The zero-order chi connectivity index (χ0) is 28.9. The fourth-order valence-corrected chi connectivity index (χ4v) is 8.68. The first kappa shape index (κ1) is 27.8. The quantitative estimate of drug-likeness (QED) is 0.502. The van der Waals surface area contributed by atoms with Crippen molar-refractivity contribution in [3.05, 3.63) is 23.5 Å². The van der Waals surface area contributed by atoms with E-state index < -0.39 is 51.9 Å². The summed E-state index contributed by atoms with van der Waals surface area (Å²) in [5.74, 6) is -3.75. The Morgan fingerprint density at radius 2 is 1.95 bits per heavy atom. The highest BCUT2D eigenvalue weighted by atomic mass is 16.7. The summed E-state index contributed by atoms with van der Waals surface area (Å²) in [5, 5.41) is 10.3. The molecule has 0 radical (unpaired) electrons. The number of allylic oxidation sites excluding steroid dienone is 2. The van der Waals surface area contributed by atoms with Gasteiger partial charge in [-0.3, -0.25) is 14.4 Å². The molecule has 0 aromatic carbocycles. The van der Waals surface area contributed by atoms with E-state index in [0.717, 1.165) is 0 Å². The second-order valence-electron chi connectivity index (χ2n) is 13.2. The minimum absolute atomic E-state index is 0.0546. The van der Waals surface area contributed by atoms with Crippen LogP contribution in [-0.4, -0.2) is 71.0 Å². The molecule has 4 saturated heterocycles. The molecule has 10 heteroatoms. The third kappa shape index (κ3) is 3.68. The van der Waals surface area contributed by atoms with Crippen LogP contribution in [-0.2, 0) is 42.9 Å². The number of Topliss-reactive ketones (excluding diaryl/α,β-unsaturated/α-hetero) is 2. The van der Waals surface area contributed by atoms with Gasteiger partial charge in [0.05, 0.1) is 30.1 Å². The highest BCUT2D eigenvalue weighted by Gasteiger charge is 2.75. The molecule has 40 heavy (non-hydrogen) atoms. The number of rotatable bonds is 5. The molecule has 6 rings (SSSR count). The molecule has 6 aliphatic rings. The predicted molar refractivity (Wildman–Crippen MR) is 137 cm³/mol. The topological polar surface area (TPSA) is 135 Å². The monoisotopic (exact) mass is 558 g/mol. The average molecular weight is 559 g/mol. The molecule has 2 bridgehead atoms. The summed E-state index contributed by atoms with van der Waals surface area (Å²) in [7, 11) is 1.44. The van der Waals surface area contributed by atoms with Gasteiger partial charge in [-0.1, -0.05) is 13.8 Å². The van der Waals surface area contributed by atoms with Crippen LogP contribution in [0, 0.1) is 23.2 Å². The van der Waals surface area contributed by atoms with Gasteiger partial charge in [0.25, 0.3) is 0 Å². The summed E-state index contributed by atoms with van der Waals surface area (Å²) in [4.78, 5) is 52.6. The number of esters is 2. The molecule has 2 spiro atoms. The van der Waals surface area contributed by atoms with Gasteiger partial charge in [0.2, 0.25) is 5.79 Å². The van der Waals surface area contributed by atoms with Crippen LogP contribution >= 0.6 is 0 Å². The van der Waals surface area contributed by atoms with E-state index in [2.05, 4.69) is 0 Å². The molecule has 1 saturated carbocycles. The van der Waals surface area contributed by atoms with E-state index >= 15 is 0 Å². The number of fused-ring (bicyclic) bond motifs is 1. The smallest absolute Gasteiger partial charge is 0.339 e. The Hall–Kier alpha value is -2.40. The lowest BCUT2D eigenvalue weighted by atomic mass is 9.64. The maximum atomic E-state index is 14.2. The number of aliphatic hydroxyl groups is 1. The molecule has 5 fully saturated rings. The molecule has 1 aliphatic carbocycles. The van der Waals surface area contributed by atoms with E-state index in [0.29, 0.717) is 37.0 Å². The zero-order valence-corrected chi connectivity index (χ0v) is 23.7. The highest BCUT2D eigenvalue weighted by molar-refractivity contribution is 5.95. The lowest BCUT2D eigenvalue weighted by Crippen LogP contribution is -2.51. The minimum Gasteiger partial charge on any atom is -0.456 e. The van der Waals surface area contributed by atoms with Gasteiger partial charge in [-0.05, 0) is 51.7 Å². The fourth-order valence-electron chi connectivity index (χ4n) is 8.68. The van der Waals surface area contributed by atoms with E-state index in [1.165, 1.54) is 7.11 Å². The zero-order valence-electron chi connectivity index (χ0n) is 23.7. The van der Waals surface area contributed by atoms with Crippen LogP contribution in [0.4, 0.5) is 0 Å². The number of ketones is 2. The largest absolute Gasteiger partial charge is 0.456 e. The molecular weight excluding hydrogens is 520 g/mol. The van der Waals surface area contributed by atoms with E-state index in [1.54, 1.807) is 26.0 Å². The van der Waals surface area contributed by atoms with Gasteiger partial charge in [0, 0.05) is 42.8 Å². The van der Waals surface area contributed by atoms with Crippen LogP contribution in [0.3, 0.4) is 0 Å². The lowest BCUT2D eigenvalue weighted by Gasteiger charge is -2.41. The molecule has 5 heterocycles. The molecule has 10 nitrogen and oxygen atoms in total. The van der Waals surface area contributed by atoms with Gasteiger partial charge in [-0.25, -0.2) is 4.79 Å². The molecule has 0 aromatic heterocycles. The SMILES string of the molecule is CO[C@@]12C[C@@](C)(C(=O)[C@@H](C)C=C3C=C(C)C(=O)O3)CC[C@@]3(C[C@]45OC(=O)C[C@H]4O[C@@](C)(CO)[C@@H]5CC[C@H]3C1=O)O2. The molecule has 0 unspecified atom stereocenters. The van der Waals surface area contributed by atoms with Gasteiger partial charge in [-0.15, -0.1) is 0 Å². The number of hydrogen-bond acceptors (Lipinski definition) is 10. The van der Waals surface area contributed by atoms with Crippen LogP contribution in [0.15, 0.2) is 23.5 Å². The van der Waals surface area contributed by atoms with Gasteiger partial charge >= 0.3 is 11.9 Å². The Kier molecular flexibility index (Phi) is 6.11. The molecular formula is C30H38O10. The molecule has 218 valence electrons. The van der Waals surface area contributed by atoms with Crippen LogP contribution in [0.5, 0.6) is 0 Å². The Balaban J connectivity index is 1.36. The van der Waals surface area contributed by atoms with Crippen LogP contribution in [0.2, 0.25) is 0 Å². The van der Waals surface area contributed by atoms with Crippen molar-refractivity contribution in [2.75, 3.05) is 13.7 Å². The van der Waals surface area contributed by atoms with Crippen molar-refractivity contribution in [1.29, 1.82) is 0 Å². The fraction of sp³-hybridized carbons (Fsp3) is 0.733. The Labute approximate surface area is 233 Å². The summed E-state index contributed by atoms with van der Waals surface area (Å²) in [5.41, 5.74) is -3.46. The number of cyclic esters (lactones) is 1. The third-order valence-electron chi connectivity index (χ3n) is 10.6. The van der Waals surface area contributed by atoms with Crippen molar-refractivity contribution < 1.29 is 48.0 Å². The van der Waals surface area contributed by atoms with Gasteiger partial charge in [0.1, 0.15) is 23.2 Å². The highest BCUT2D eigenvalue weighted by Crippen LogP contribution is 2.64. The van der Waals surface area contributed by atoms with Crippen molar-refractivity contribution >= 4 is 23.5 Å². The second-order valence-corrected chi connectivity index (χ2v) is 13.2. The van der Waals surface area contributed by atoms with Crippen molar-refractivity contribution in [2.45, 2.75) is 101 Å². The number of carbonyl (C=O) groups is 4. The van der Waals surface area contributed by atoms with E-state index in [1.807, 2.05) is 13.8 Å². The number of carbonyl (C=O) groups excluding carboxylic acids is 4. The first-order valence-electron chi connectivity index (χ1n) is 14.2. The van der Waals surface area contributed by atoms with Crippen molar-refractivity contribution in [3.8, 4) is 0 Å². The first-order valence-corrected chi connectivity index (χ1v) is 14.2. The summed E-state index contributed by atoms with van der Waals surface area (Å²) in [6.07, 6.45) is 4.89. The van der Waals surface area contributed by atoms with Gasteiger partial charge < -0.3 is 28.8 Å². The first-order chi connectivity index (χ1) is 18.8. The van der Waals surface area contributed by atoms with Crippen LogP contribution in [0.25, 0.3) is 0 Å². The summed E-state index contributed by atoms with van der Waals surface area (Å²) < 4.78 is 30.3. The minimum atomic E-state index is -1.61. The van der Waals surface area contributed by atoms with E-state index in [-0.39, 0.29) is 49.3 Å². The predicted octanol–water partition coefficient (Wildman–Crippen LogP) is 2.70. The van der Waals surface area contributed by atoms with Crippen molar-refractivity contribution in [3.63, 3.8) is 0 Å². The Morgan fingerprint density at radius 1 is 1.20 bits per heavy atom. The average Bonchev–Trinajstić information content (AvgIpc) is 3.44. The number of ether oxygens (including phenoxy) is 5. The second kappa shape index (κ2) is 8.80. The van der Waals surface area contributed by atoms with E-state index in [9.17, 15) is 24.3 Å². The maximum absolute atomic E-state index is 14.2. The molecule has 0 aromatic rings. The Bertz CT molecular complexity index is 1250. The molecule has 0 amide bonds. The van der Waals surface area contributed by atoms with Crippen LogP contribution < -0.4 is 0 Å². The Morgan fingerprint density at radius 3 is 2.60 bits per heavy atom. The summed E-state index contributed by atoms with van der Waals surface area (Å²) in [6, 6.07) is 0. The molecule has 1 N–H and O–H groups in total. The number of methoxy groups -OCH3 is 1.